The second kappa shape index (κ2) is 6.32. The molecule has 2 aromatic rings. The van der Waals surface area contributed by atoms with Crippen molar-refractivity contribution in [1.29, 1.82) is 0 Å². The molecule has 0 saturated heterocycles. The van der Waals surface area contributed by atoms with Crippen LogP contribution in [0, 0.1) is 11.6 Å². The Morgan fingerprint density at radius 1 is 1.24 bits per heavy atom. The fourth-order valence-corrected chi connectivity index (χ4v) is 1.89. The molecule has 2 rings (SSSR count). The number of nitrogens with two attached hydrogens (primary N) is 1. The molecule has 3 N–H and O–H groups in total. The van der Waals surface area contributed by atoms with Crippen LogP contribution in [0.2, 0.25) is 0 Å². The molecule has 0 radical (unpaired) electrons. The predicted molar refractivity (Wildman–Crippen MR) is 75.9 cm³/mol. The molecule has 2 aromatic carbocycles. The van der Waals surface area contributed by atoms with E-state index < -0.39 is 23.1 Å². The van der Waals surface area contributed by atoms with Crippen molar-refractivity contribution in [3.8, 4) is 0 Å². The fraction of sp³-hybridized carbons (Fsp3) is 0.133. The smallest absolute Gasteiger partial charge is 0.261 e. The van der Waals surface area contributed by atoms with Gasteiger partial charge in [0.1, 0.15) is 11.4 Å². The summed E-state index contributed by atoms with van der Waals surface area (Å²) in [6, 6.07) is 8.85. The molecule has 0 saturated carbocycles. The van der Waals surface area contributed by atoms with E-state index in [0.29, 0.717) is 11.3 Å². The van der Waals surface area contributed by atoms with E-state index in [1.165, 1.54) is 7.11 Å². The van der Waals surface area contributed by atoms with E-state index in [1.807, 2.05) is 0 Å². The molecule has 1 amide bonds. The van der Waals surface area contributed by atoms with Crippen molar-refractivity contribution < 1.29 is 18.3 Å². The summed E-state index contributed by atoms with van der Waals surface area (Å²) < 4.78 is 32.5. The summed E-state index contributed by atoms with van der Waals surface area (Å²) in [4.78, 5) is 12.1. The highest BCUT2D eigenvalue weighted by Gasteiger charge is 2.20. The van der Waals surface area contributed by atoms with E-state index in [9.17, 15) is 13.6 Å². The number of hydrogen-bond donors (Lipinski definition) is 2. The van der Waals surface area contributed by atoms with Crippen molar-refractivity contribution >= 4 is 17.3 Å². The van der Waals surface area contributed by atoms with E-state index in [0.717, 1.165) is 12.1 Å². The second-order valence-electron chi connectivity index (χ2n) is 4.37. The third kappa shape index (κ3) is 3.17. The Hall–Kier alpha value is -2.47. The van der Waals surface area contributed by atoms with Crippen molar-refractivity contribution in [2.24, 2.45) is 0 Å². The van der Waals surface area contributed by atoms with E-state index in [2.05, 4.69) is 5.32 Å². The molecule has 0 atom stereocenters. The molecule has 0 aliphatic carbocycles. The number of ether oxygens (including phenoxy) is 1. The lowest BCUT2D eigenvalue weighted by Crippen LogP contribution is -2.18. The average molecular weight is 292 g/mol. The van der Waals surface area contributed by atoms with Crippen LogP contribution in [0.3, 0.4) is 0 Å². The number of halogens is 2. The number of carbonyl (C=O) groups is 1. The van der Waals surface area contributed by atoms with Gasteiger partial charge in [-0.1, -0.05) is 18.2 Å². The Balaban J connectivity index is 2.33. The molecule has 4 nitrogen and oxygen atoms in total. The Kier molecular flexibility index (Phi) is 4.49. The number of para-hydroxylation sites is 1. The molecule has 0 fully saturated rings. The predicted octanol–water partition coefficient (Wildman–Crippen LogP) is 2.95. The number of rotatable bonds is 4. The van der Waals surface area contributed by atoms with Crippen LogP contribution in [-0.2, 0) is 11.3 Å². The number of carbonyl (C=O) groups excluding carboxylic acids is 1. The SMILES string of the molecule is COCc1ccccc1NC(=O)c1c(F)ccc(N)c1F. The topological polar surface area (TPSA) is 64.3 Å². The molecule has 0 bridgehead atoms. The third-order valence-electron chi connectivity index (χ3n) is 2.91. The number of amides is 1. The van der Waals surface area contributed by atoms with Crippen LogP contribution in [0.4, 0.5) is 20.2 Å². The quantitative estimate of drug-likeness (QED) is 0.852. The van der Waals surface area contributed by atoms with Gasteiger partial charge in [-0.3, -0.25) is 4.79 Å². The molecule has 110 valence electrons. The highest BCUT2D eigenvalue weighted by Crippen LogP contribution is 2.22. The Labute approximate surface area is 120 Å². The molecular formula is C15H14F2N2O2. The lowest BCUT2D eigenvalue weighted by molar-refractivity contribution is 0.101. The van der Waals surface area contributed by atoms with Crippen molar-refractivity contribution in [3.05, 3.63) is 59.2 Å². The molecule has 0 spiro atoms. The average Bonchev–Trinajstić information content (AvgIpc) is 2.46. The van der Waals surface area contributed by atoms with Gasteiger partial charge in [-0.05, 0) is 18.2 Å². The first-order valence-corrected chi connectivity index (χ1v) is 6.16. The minimum atomic E-state index is -1.07. The lowest BCUT2D eigenvalue weighted by Gasteiger charge is -2.12. The van der Waals surface area contributed by atoms with Gasteiger partial charge in [0, 0.05) is 18.4 Å². The first kappa shape index (κ1) is 14.9. The van der Waals surface area contributed by atoms with Gasteiger partial charge in [-0.25, -0.2) is 8.78 Å². The molecule has 0 heterocycles. The molecule has 0 aromatic heterocycles. The van der Waals surface area contributed by atoms with E-state index in [1.54, 1.807) is 24.3 Å². The van der Waals surface area contributed by atoms with Gasteiger partial charge in [0.2, 0.25) is 0 Å². The van der Waals surface area contributed by atoms with Crippen LogP contribution in [0.1, 0.15) is 15.9 Å². The van der Waals surface area contributed by atoms with Crippen molar-refractivity contribution in [2.75, 3.05) is 18.2 Å². The summed E-state index contributed by atoms with van der Waals surface area (Å²) >= 11 is 0. The van der Waals surface area contributed by atoms with Gasteiger partial charge >= 0.3 is 0 Å². The summed E-state index contributed by atoms with van der Waals surface area (Å²) in [5.74, 6) is -2.94. The standard InChI is InChI=1S/C15H14F2N2O2/c1-21-8-9-4-2-3-5-12(9)19-15(20)13-10(16)6-7-11(18)14(13)17/h2-7H,8,18H2,1H3,(H,19,20). The largest absolute Gasteiger partial charge is 0.396 e. The third-order valence-corrected chi connectivity index (χ3v) is 2.91. The van der Waals surface area contributed by atoms with E-state index in [-0.39, 0.29) is 12.3 Å². The van der Waals surface area contributed by atoms with Gasteiger partial charge in [0.05, 0.1) is 12.3 Å². The summed E-state index contributed by atoms with van der Waals surface area (Å²) in [7, 11) is 1.51. The Morgan fingerprint density at radius 3 is 2.67 bits per heavy atom. The molecule has 0 aliphatic rings. The van der Waals surface area contributed by atoms with Crippen LogP contribution in [0.15, 0.2) is 36.4 Å². The molecular weight excluding hydrogens is 278 g/mol. The number of nitrogens with one attached hydrogen (secondary N) is 1. The van der Waals surface area contributed by atoms with Gasteiger partial charge in [-0.15, -0.1) is 0 Å². The van der Waals surface area contributed by atoms with Gasteiger partial charge in [-0.2, -0.15) is 0 Å². The van der Waals surface area contributed by atoms with Crippen LogP contribution < -0.4 is 11.1 Å². The van der Waals surface area contributed by atoms with Gasteiger partial charge < -0.3 is 15.8 Å². The molecule has 0 unspecified atom stereocenters. The van der Waals surface area contributed by atoms with Crippen LogP contribution in [-0.4, -0.2) is 13.0 Å². The number of anilines is 2. The maximum atomic E-state index is 13.8. The van der Waals surface area contributed by atoms with E-state index in [4.69, 9.17) is 10.5 Å². The zero-order chi connectivity index (χ0) is 15.4. The van der Waals surface area contributed by atoms with Crippen LogP contribution in [0.5, 0.6) is 0 Å². The number of benzene rings is 2. The van der Waals surface area contributed by atoms with Gasteiger partial charge in [0.15, 0.2) is 5.82 Å². The minimum Gasteiger partial charge on any atom is -0.396 e. The molecule has 21 heavy (non-hydrogen) atoms. The maximum Gasteiger partial charge on any atom is 0.261 e. The summed E-state index contributed by atoms with van der Waals surface area (Å²) in [6.07, 6.45) is 0. The zero-order valence-corrected chi connectivity index (χ0v) is 11.3. The number of methoxy groups -OCH3 is 1. The zero-order valence-electron chi connectivity index (χ0n) is 11.3. The first-order chi connectivity index (χ1) is 10.0. The highest BCUT2D eigenvalue weighted by atomic mass is 19.1. The van der Waals surface area contributed by atoms with Crippen LogP contribution >= 0.6 is 0 Å². The monoisotopic (exact) mass is 292 g/mol. The summed E-state index contributed by atoms with van der Waals surface area (Å²) in [5.41, 5.74) is 5.48. The first-order valence-electron chi connectivity index (χ1n) is 6.16. The maximum absolute atomic E-state index is 13.8. The number of hydrogen-bond acceptors (Lipinski definition) is 3. The van der Waals surface area contributed by atoms with Crippen LogP contribution in [0.25, 0.3) is 0 Å². The molecule has 6 heteroatoms. The van der Waals surface area contributed by atoms with Crippen molar-refractivity contribution in [3.63, 3.8) is 0 Å². The Bertz CT molecular complexity index is 675. The summed E-state index contributed by atoms with van der Waals surface area (Å²) in [6.45, 7) is 0.262. The Morgan fingerprint density at radius 2 is 1.95 bits per heavy atom. The van der Waals surface area contributed by atoms with Crippen molar-refractivity contribution in [2.45, 2.75) is 6.61 Å². The second-order valence-corrected chi connectivity index (χ2v) is 4.37. The van der Waals surface area contributed by atoms with Crippen molar-refractivity contribution in [1.82, 2.24) is 0 Å². The molecule has 0 aliphatic heterocycles. The van der Waals surface area contributed by atoms with Gasteiger partial charge in [0.25, 0.3) is 5.91 Å². The summed E-state index contributed by atoms with van der Waals surface area (Å²) in [5, 5.41) is 2.47. The highest BCUT2D eigenvalue weighted by molar-refractivity contribution is 6.05. The lowest BCUT2D eigenvalue weighted by atomic mass is 10.1. The normalized spacial score (nSPS) is 10.4. The van der Waals surface area contributed by atoms with E-state index >= 15 is 0 Å². The fourth-order valence-electron chi connectivity index (χ4n) is 1.89. The number of nitrogen functional groups attached to an aromatic ring is 1. The minimum absolute atomic E-state index is 0.262.